The number of aliphatic carboxylic acids is 1. The van der Waals surface area contributed by atoms with E-state index in [9.17, 15) is 23.1 Å². The maximum Gasteiger partial charge on any atom is 0.573 e. The van der Waals surface area contributed by atoms with Gasteiger partial charge in [-0.25, -0.2) is 0 Å². The summed E-state index contributed by atoms with van der Waals surface area (Å²) in [4.78, 5) is 10.5. The number of carboxylic acid groups (broad SMARTS) is 1. The number of carboxylic acids is 1. The summed E-state index contributed by atoms with van der Waals surface area (Å²) in [7, 11) is 0. The lowest BCUT2D eigenvalue weighted by Gasteiger charge is -2.16. The number of alkyl halides is 3. The van der Waals surface area contributed by atoms with Crippen LogP contribution in [-0.4, -0.2) is 12.3 Å². The summed E-state index contributed by atoms with van der Waals surface area (Å²) in [5.41, 5.74) is 0.931. The van der Waals surface area contributed by atoms with Crippen LogP contribution in [0.1, 0.15) is 30.9 Å². The van der Waals surface area contributed by atoms with Gasteiger partial charge in [-0.15, -0.1) is 13.2 Å². The fourth-order valence-electron chi connectivity index (χ4n) is 1.62. The summed E-state index contributed by atoms with van der Waals surface area (Å²) < 4.78 is 40.0. The molecule has 18 heavy (non-hydrogen) atoms. The van der Waals surface area contributed by atoms with Crippen molar-refractivity contribution in [3.8, 4) is 5.75 Å². The number of halogens is 3. The van der Waals surface area contributed by atoms with E-state index < -0.39 is 12.3 Å². The third kappa shape index (κ3) is 4.27. The first kappa shape index (κ1) is 14.3. The summed E-state index contributed by atoms with van der Waals surface area (Å²) in [6.45, 7) is 3.51. The Morgan fingerprint density at radius 1 is 1.39 bits per heavy atom. The first-order chi connectivity index (χ1) is 8.19. The molecule has 0 fully saturated rings. The van der Waals surface area contributed by atoms with E-state index in [-0.39, 0.29) is 18.1 Å². The second kappa shape index (κ2) is 5.29. The maximum atomic E-state index is 12.1. The number of hydrogen-bond donors (Lipinski definition) is 0. The predicted molar refractivity (Wildman–Crippen MR) is 55.9 cm³/mol. The Morgan fingerprint density at radius 2 is 2.00 bits per heavy atom. The molecule has 6 heteroatoms. The van der Waals surface area contributed by atoms with Crippen LogP contribution in [0.2, 0.25) is 0 Å². The number of carbonyl (C=O) groups is 1. The minimum atomic E-state index is -4.76. The number of rotatable bonds is 4. The molecule has 0 N–H and O–H groups in total. The summed E-state index contributed by atoms with van der Waals surface area (Å²) in [6, 6.07) is 3.61. The minimum Gasteiger partial charge on any atom is -0.550 e. The fourth-order valence-corrected chi connectivity index (χ4v) is 1.62. The van der Waals surface area contributed by atoms with Gasteiger partial charge < -0.3 is 14.6 Å². The predicted octanol–water partition coefficient (Wildman–Crippen LogP) is 2.00. The highest BCUT2D eigenvalue weighted by Crippen LogP contribution is 2.28. The number of ether oxygens (including phenoxy) is 1. The molecule has 3 nitrogen and oxygen atoms in total. The molecule has 100 valence electrons. The van der Waals surface area contributed by atoms with E-state index >= 15 is 0 Å². The molecular weight excluding hydrogens is 249 g/mol. The molecule has 0 radical (unpaired) electrons. The van der Waals surface area contributed by atoms with Gasteiger partial charge >= 0.3 is 6.36 Å². The van der Waals surface area contributed by atoms with Crippen LogP contribution < -0.4 is 9.84 Å². The van der Waals surface area contributed by atoms with Crippen molar-refractivity contribution in [1.82, 2.24) is 0 Å². The highest BCUT2D eigenvalue weighted by Gasteiger charge is 2.31. The molecule has 0 unspecified atom stereocenters. The monoisotopic (exact) mass is 261 g/mol. The van der Waals surface area contributed by atoms with Crippen LogP contribution in [0.5, 0.6) is 5.75 Å². The van der Waals surface area contributed by atoms with Gasteiger partial charge in [0.2, 0.25) is 0 Å². The van der Waals surface area contributed by atoms with Gasteiger partial charge in [-0.2, -0.15) is 0 Å². The zero-order valence-electron chi connectivity index (χ0n) is 9.88. The molecule has 0 aliphatic rings. The average Bonchev–Trinajstić information content (AvgIpc) is 2.17. The van der Waals surface area contributed by atoms with Crippen LogP contribution in [0.3, 0.4) is 0 Å². The second-order valence-electron chi connectivity index (χ2n) is 4.11. The van der Waals surface area contributed by atoms with Gasteiger partial charge in [-0.3, -0.25) is 0 Å². The Morgan fingerprint density at radius 3 is 2.44 bits per heavy atom. The van der Waals surface area contributed by atoms with E-state index in [1.165, 1.54) is 12.1 Å². The van der Waals surface area contributed by atoms with Crippen molar-refractivity contribution >= 4 is 5.97 Å². The molecule has 0 saturated heterocycles. The lowest BCUT2D eigenvalue weighted by Crippen LogP contribution is -2.25. The molecule has 1 aromatic carbocycles. The van der Waals surface area contributed by atoms with E-state index in [4.69, 9.17) is 0 Å². The standard InChI is InChI=1S/C12H13F3O3/c1-7(2)10-6-9(18-12(13,14)15)4-3-8(10)5-11(16)17/h3-4,6-7H,5H2,1-2H3,(H,16,17)/p-1. The fraction of sp³-hybridized carbons (Fsp3) is 0.417. The van der Waals surface area contributed by atoms with Gasteiger partial charge in [0.15, 0.2) is 0 Å². The van der Waals surface area contributed by atoms with E-state index in [0.29, 0.717) is 11.1 Å². The zero-order chi connectivity index (χ0) is 13.9. The lowest BCUT2D eigenvalue weighted by atomic mass is 9.95. The van der Waals surface area contributed by atoms with Gasteiger partial charge in [-0.1, -0.05) is 19.9 Å². The molecule has 0 saturated carbocycles. The van der Waals surface area contributed by atoms with Crippen LogP contribution >= 0.6 is 0 Å². The van der Waals surface area contributed by atoms with Crippen LogP contribution in [0, 0.1) is 0 Å². The molecule has 0 spiro atoms. The smallest absolute Gasteiger partial charge is 0.550 e. The molecule has 0 aliphatic heterocycles. The van der Waals surface area contributed by atoms with Crippen molar-refractivity contribution in [1.29, 1.82) is 0 Å². The molecule has 1 aromatic rings. The van der Waals surface area contributed by atoms with Crippen LogP contribution in [0.25, 0.3) is 0 Å². The van der Waals surface area contributed by atoms with E-state index in [1.54, 1.807) is 13.8 Å². The van der Waals surface area contributed by atoms with Crippen molar-refractivity contribution < 1.29 is 27.8 Å². The van der Waals surface area contributed by atoms with E-state index in [0.717, 1.165) is 6.07 Å². The second-order valence-corrected chi connectivity index (χ2v) is 4.11. The normalized spacial score (nSPS) is 11.7. The molecule has 0 aliphatic carbocycles. The van der Waals surface area contributed by atoms with E-state index in [1.807, 2.05) is 0 Å². The van der Waals surface area contributed by atoms with Crippen molar-refractivity contribution in [2.45, 2.75) is 32.5 Å². The molecule has 0 amide bonds. The Kier molecular flexibility index (Phi) is 4.21. The summed E-state index contributed by atoms with van der Waals surface area (Å²) in [5, 5.41) is 10.5. The number of hydrogen-bond acceptors (Lipinski definition) is 3. The van der Waals surface area contributed by atoms with Crippen molar-refractivity contribution in [3.05, 3.63) is 29.3 Å². The number of carbonyl (C=O) groups excluding carboxylic acids is 1. The Labute approximate surface area is 102 Å². The zero-order valence-corrected chi connectivity index (χ0v) is 9.88. The van der Waals surface area contributed by atoms with Crippen molar-refractivity contribution in [2.24, 2.45) is 0 Å². The third-order valence-electron chi connectivity index (χ3n) is 2.31. The molecule has 0 atom stereocenters. The quantitative estimate of drug-likeness (QED) is 0.833. The molecule has 1 rings (SSSR count). The number of benzene rings is 1. The highest BCUT2D eigenvalue weighted by molar-refractivity contribution is 5.68. The highest BCUT2D eigenvalue weighted by atomic mass is 19.4. The van der Waals surface area contributed by atoms with Crippen molar-refractivity contribution in [2.75, 3.05) is 0 Å². The van der Waals surface area contributed by atoms with Gasteiger partial charge in [0.25, 0.3) is 0 Å². The first-order valence-corrected chi connectivity index (χ1v) is 5.27. The van der Waals surface area contributed by atoms with Crippen molar-refractivity contribution in [3.63, 3.8) is 0 Å². The first-order valence-electron chi connectivity index (χ1n) is 5.27. The third-order valence-corrected chi connectivity index (χ3v) is 2.31. The lowest BCUT2D eigenvalue weighted by molar-refractivity contribution is -0.304. The van der Waals surface area contributed by atoms with E-state index in [2.05, 4.69) is 4.74 Å². The topological polar surface area (TPSA) is 49.4 Å². The van der Waals surface area contributed by atoms with Gasteiger partial charge in [0.05, 0.1) is 0 Å². The maximum absolute atomic E-state index is 12.1. The molecular formula is C12H12F3O3-. The van der Waals surface area contributed by atoms with Crippen LogP contribution in [0.15, 0.2) is 18.2 Å². The minimum absolute atomic E-state index is 0.115. The Hall–Kier alpha value is -1.72. The Balaban J connectivity index is 3.07. The summed E-state index contributed by atoms with van der Waals surface area (Å²) in [6.07, 6.45) is -5.09. The summed E-state index contributed by atoms with van der Waals surface area (Å²) in [5.74, 6) is -1.74. The molecule has 0 heterocycles. The van der Waals surface area contributed by atoms with Gasteiger partial charge in [-0.05, 0) is 29.2 Å². The SMILES string of the molecule is CC(C)c1cc(OC(F)(F)F)ccc1CC(=O)[O-]. The molecule has 0 aromatic heterocycles. The van der Waals surface area contributed by atoms with Gasteiger partial charge in [0.1, 0.15) is 5.75 Å². The summed E-state index contributed by atoms with van der Waals surface area (Å²) >= 11 is 0. The van der Waals surface area contributed by atoms with Crippen LogP contribution in [0.4, 0.5) is 13.2 Å². The largest absolute Gasteiger partial charge is 0.573 e. The van der Waals surface area contributed by atoms with Gasteiger partial charge in [0, 0.05) is 12.4 Å². The Bertz CT molecular complexity index is 439. The van der Waals surface area contributed by atoms with Crippen LogP contribution in [-0.2, 0) is 11.2 Å². The average molecular weight is 261 g/mol. The molecule has 0 bridgehead atoms.